The lowest BCUT2D eigenvalue weighted by molar-refractivity contribution is -0.159. The zero-order valence-electron chi connectivity index (χ0n) is 13.2. The number of benzene rings is 1. The zero-order valence-corrected chi connectivity index (χ0v) is 14.7. The first-order chi connectivity index (χ1) is 11.1. The van der Waals surface area contributed by atoms with Crippen LogP contribution in [0.25, 0.3) is 0 Å². The first kappa shape index (κ1) is 17.0. The summed E-state index contributed by atoms with van der Waals surface area (Å²) in [4.78, 5) is 14.8. The number of halogens is 2. The van der Waals surface area contributed by atoms with Gasteiger partial charge in [0.2, 0.25) is 5.91 Å². The van der Waals surface area contributed by atoms with Crippen molar-refractivity contribution in [3.05, 3.63) is 33.8 Å². The molecule has 1 atom stereocenters. The molecule has 0 unspecified atom stereocenters. The van der Waals surface area contributed by atoms with Crippen molar-refractivity contribution in [2.75, 3.05) is 33.4 Å². The van der Waals surface area contributed by atoms with E-state index in [0.29, 0.717) is 36.3 Å². The number of amides is 1. The summed E-state index contributed by atoms with van der Waals surface area (Å²) in [5.74, 6) is 0.193. The molecule has 2 fully saturated rings. The SMILES string of the molecule is COCC1(C(=O)N2CCO[C@H](c3ccc(Cl)c(Cl)c3)C2)CCC1. The number of hydrogen-bond donors (Lipinski definition) is 0. The van der Waals surface area contributed by atoms with Gasteiger partial charge < -0.3 is 14.4 Å². The van der Waals surface area contributed by atoms with E-state index in [1.807, 2.05) is 17.0 Å². The molecule has 3 rings (SSSR count). The Bertz CT molecular complexity index is 589. The summed E-state index contributed by atoms with van der Waals surface area (Å²) in [6.07, 6.45) is 2.75. The van der Waals surface area contributed by atoms with Gasteiger partial charge in [-0.1, -0.05) is 35.7 Å². The molecule has 0 spiro atoms. The van der Waals surface area contributed by atoms with Gasteiger partial charge in [0.15, 0.2) is 0 Å². The maximum Gasteiger partial charge on any atom is 0.231 e. The van der Waals surface area contributed by atoms with Gasteiger partial charge in [-0.25, -0.2) is 0 Å². The molecule has 0 bridgehead atoms. The molecule has 1 saturated heterocycles. The van der Waals surface area contributed by atoms with Crippen LogP contribution in [0.4, 0.5) is 0 Å². The fourth-order valence-corrected chi connectivity index (χ4v) is 3.69. The van der Waals surface area contributed by atoms with Gasteiger partial charge in [0.1, 0.15) is 6.10 Å². The summed E-state index contributed by atoms with van der Waals surface area (Å²) >= 11 is 12.1. The fourth-order valence-electron chi connectivity index (χ4n) is 3.38. The van der Waals surface area contributed by atoms with Crippen molar-refractivity contribution >= 4 is 29.1 Å². The molecule has 1 aromatic rings. The molecule has 4 nitrogen and oxygen atoms in total. The molecular formula is C17H21Cl2NO3. The Morgan fingerprint density at radius 3 is 2.78 bits per heavy atom. The standard InChI is InChI=1S/C17H21Cl2NO3/c1-22-11-17(5-2-6-17)16(21)20-7-8-23-15(10-20)12-3-4-13(18)14(19)9-12/h3-4,9,15H,2,5-8,10-11H2,1H3/t15-/m0/s1. The second-order valence-corrected chi connectivity index (χ2v) is 7.17. The van der Waals surface area contributed by atoms with E-state index < -0.39 is 0 Å². The maximum atomic E-state index is 12.9. The van der Waals surface area contributed by atoms with Crippen molar-refractivity contribution < 1.29 is 14.3 Å². The van der Waals surface area contributed by atoms with Crippen molar-refractivity contribution in [3.63, 3.8) is 0 Å². The third-order valence-electron chi connectivity index (χ3n) is 4.85. The maximum absolute atomic E-state index is 12.9. The molecule has 1 aliphatic heterocycles. The summed E-state index contributed by atoms with van der Waals surface area (Å²) in [6.45, 7) is 2.20. The smallest absolute Gasteiger partial charge is 0.231 e. The number of nitrogens with zero attached hydrogens (tertiary/aromatic N) is 1. The highest BCUT2D eigenvalue weighted by molar-refractivity contribution is 6.42. The fraction of sp³-hybridized carbons (Fsp3) is 0.588. The average Bonchev–Trinajstić information content (AvgIpc) is 2.53. The van der Waals surface area contributed by atoms with Crippen LogP contribution in [0.5, 0.6) is 0 Å². The van der Waals surface area contributed by atoms with Crippen molar-refractivity contribution in [3.8, 4) is 0 Å². The van der Waals surface area contributed by atoms with E-state index in [1.165, 1.54) is 0 Å². The van der Waals surface area contributed by atoms with Gasteiger partial charge in [0.25, 0.3) is 0 Å². The van der Waals surface area contributed by atoms with Gasteiger partial charge in [-0.15, -0.1) is 0 Å². The summed E-state index contributed by atoms with van der Waals surface area (Å²) in [6, 6.07) is 5.49. The Morgan fingerprint density at radius 1 is 1.39 bits per heavy atom. The third kappa shape index (κ3) is 3.36. The van der Waals surface area contributed by atoms with E-state index in [1.54, 1.807) is 13.2 Å². The van der Waals surface area contributed by atoms with E-state index in [-0.39, 0.29) is 17.4 Å². The normalized spacial score (nSPS) is 23.4. The molecule has 1 heterocycles. The van der Waals surface area contributed by atoms with Crippen molar-refractivity contribution in [2.24, 2.45) is 5.41 Å². The Hall–Kier alpha value is -0.810. The Morgan fingerprint density at radius 2 is 2.17 bits per heavy atom. The molecule has 1 aromatic carbocycles. The second kappa shape index (κ2) is 6.98. The molecule has 23 heavy (non-hydrogen) atoms. The van der Waals surface area contributed by atoms with Gasteiger partial charge >= 0.3 is 0 Å². The molecule has 126 valence electrons. The lowest BCUT2D eigenvalue weighted by Crippen LogP contribution is -2.53. The minimum absolute atomic E-state index is 0.165. The van der Waals surface area contributed by atoms with E-state index in [0.717, 1.165) is 24.8 Å². The van der Waals surface area contributed by atoms with Crippen LogP contribution < -0.4 is 0 Å². The van der Waals surface area contributed by atoms with Crippen LogP contribution in [0.3, 0.4) is 0 Å². The van der Waals surface area contributed by atoms with Crippen molar-refractivity contribution in [2.45, 2.75) is 25.4 Å². The number of methoxy groups -OCH3 is 1. The molecule has 1 amide bonds. The Balaban J connectivity index is 1.72. The topological polar surface area (TPSA) is 38.8 Å². The largest absolute Gasteiger partial charge is 0.384 e. The van der Waals surface area contributed by atoms with Crippen LogP contribution in [0.2, 0.25) is 10.0 Å². The Kier molecular flexibility index (Phi) is 5.16. The molecule has 0 N–H and O–H groups in total. The van der Waals surface area contributed by atoms with Crippen LogP contribution in [-0.2, 0) is 14.3 Å². The van der Waals surface area contributed by atoms with Crippen molar-refractivity contribution in [1.29, 1.82) is 0 Å². The second-order valence-electron chi connectivity index (χ2n) is 6.35. The molecule has 6 heteroatoms. The van der Waals surface area contributed by atoms with E-state index in [9.17, 15) is 4.79 Å². The molecular weight excluding hydrogens is 337 g/mol. The quantitative estimate of drug-likeness (QED) is 0.824. The molecule has 1 saturated carbocycles. The number of morpholine rings is 1. The first-order valence-electron chi connectivity index (χ1n) is 7.91. The number of ether oxygens (including phenoxy) is 2. The molecule has 1 aliphatic carbocycles. The minimum Gasteiger partial charge on any atom is -0.384 e. The molecule has 0 radical (unpaired) electrons. The predicted molar refractivity (Wildman–Crippen MR) is 89.9 cm³/mol. The number of carbonyl (C=O) groups is 1. The van der Waals surface area contributed by atoms with Gasteiger partial charge in [0.05, 0.1) is 35.2 Å². The summed E-state index contributed by atoms with van der Waals surface area (Å²) in [5, 5.41) is 1.03. The number of hydrogen-bond acceptors (Lipinski definition) is 3. The highest BCUT2D eigenvalue weighted by atomic mass is 35.5. The molecule has 0 aromatic heterocycles. The summed E-state index contributed by atoms with van der Waals surface area (Å²) in [7, 11) is 1.66. The monoisotopic (exact) mass is 357 g/mol. The zero-order chi connectivity index (χ0) is 16.4. The highest BCUT2D eigenvalue weighted by Crippen LogP contribution is 2.43. The van der Waals surface area contributed by atoms with Gasteiger partial charge in [-0.05, 0) is 30.5 Å². The van der Waals surface area contributed by atoms with Crippen molar-refractivity contribution in [1.82, 2.24) is 4.90 Å². The van der Waals surface area contributed by atoms with Crippen LogP contribution in [0.15, 0.2) is 18.2 Å². The van der Waals surface area contributed by atoms with Gasteiger partial charge in [-0.3, -0.25) is 4.79 Å². The lowest BCUT2D eigenvalue weighted by atomic mass is 9.68. The van der Waals surface area contributed by atoms with E-state index in [2.05, 4.69) is 0 Å². The number of carbonyl (C=O) groups excluding carboxylic acids is 1. The lowest BCUT2D eigenvalue weighted by Gasteiger charge is -2.45. The van der Waals surface area contributed by atoms with E-state index in [4.69, 9.17) is 32.7 Å². The highest BCUT2D eigenvalue weighted by Gasteiger charge is 2.47. The van der Waals surface area contributed by atoms with Crippen LogP contribution >= 0.6 is 23.2 Å². The van der Waals surface area contributed by atoms with Crippen LogP contribution in [0, 0.1) is 5.41 Å². The average molecular weight is 358 g/mol. The first-order valence-corrected chi connectivity index (χ1v) is 8.66. The number of rotatable bonds is 4. The Labute approximate surface area is 146 Å². The molecule has 2 aliphatic rings. The van der Waals surface area contributed by atoms with Crippen LogP contribution in [-0.4, -0.2) is 44.2 Å². The summed E-state index contributed by atoms with van der Waals surface area (Å²) in [5.41, 5.74) is 0.625. The van der Waals surface area contributed by atoms with E-state index >= 15 is 0 Å². The van der Waals surface area contributed by atoms with Gasteiger partial charge in [-0.2, -0.15) is 0 Å². The minimum atomic E-state index is -0.325. The van der Waals surface area contributed by atoms with Gasteiger partial charge in [0, 0.05) is 13.7 Å². The predicted octanol–water partition coefficient (Wildman–Crippen LogP) is 3.71. The third-order valence-corrected chi connectivity index (χ3v) is 5.59. The summed E-state index contributed by atoms with van der Waals surface area (Å²) < 4.78 is 11.1. The van der Waals surface area contributed by atoms with Crippen LogP contribution in [0.1, 0.15) is 30.9 Å².